The molecule has 0 radical (unpaired) electrons. The van der Waals surface area contributed by atoms with Crippen LogP contribution in [0.25, 0.3) is 0 Å². The van der Waals surface area contributed by atoms with Crippen molar-refractivity contribution in [2.45, 2.75) is 127 Å². The summed E-state index contributed by atoms with van der Waals surface area (Å²) in [6, 6.07) is -3.41. The van der Waals surface area contributed by atoms with Crippen LogP contribution in [-0.2, 0) is 24.0 Å². The van der Waals surface area contributed by atoms with Crippen molar-refractivity contribution in [2.24, 2.45) is 11.8 Å². The lowest BCUT2D eigenvalue weighted by Crippen LogP contribution is -2.57. The second-order valence-electron chi connectivity index (χ2n) is 13.5. The zero-order valence-corrected chi connectivity index (χ0v) is 27.8. The fourth-order valence-corrected chi connectivity index (χ4v) is 6.93. The molecule has 2 saturated heterocycles. The highest BCUT2D eigenvalue weighted by atomic mass is 16.2. The number of hydrogen-bond donors (Lipinski definition) is 4. The molecule has 2 heterocycles. The summed E-state index contributed by atoms with van der Waals surface area (Å²) in [6.07, 6.45) is 16.5. The van der Waals surface area contributed by atoms with Crippen molar-refractivity contribution in [1.82, 2.24) is 26.2 Å². The first-order chi connectivity index (χ1) is 22.7. The number of nitrogens with zero attached hydrogens (tertiary/aromatic N) is 1. The van der Waals surface area contributed by atoms with E-state index in [2.05, 4.69) is 34.4 Å². The van der Waals surface area contributed by atoms with Gasteiger partial charge in [0.2, 0.25) is 17.6 Å². The normalized spacial score (nSPS) is 26.3. The van der Waals surface area contributed by atoms with E-state index in [1.165, 1.54) is 11.0 Å². The minimum absolute atomic E-state index is 0.0197. The number of rotatable bonds is 9. The first-order valence-corrected chi connectivity index (χ1v) is 17.7. The van der Waals surface area contributed by atoms with Gasteiger partial charge in [0.15, 0.2) is 5.78 Å². The van der Waals surface area contributed by atoms with Gasteiger partial charge >= 0.3 is 6.03 Å². The minimum atomic E-state index is -1.02. The SMILES string of the molecule is C=CCNC(=O)C(=O)[C@@H]1CCCCCCCCC[C@H](NC(=O)NC(C(=O)C2CC2)=C2CCCCC2)C(=O)N2C[C@H](C=C)C[C@H]2C(=O)N1. The largest absolute Gasteiger partial charge is 0.346 e. The molecule has 2 aliphatic carbocycles. The molecule has 4 fully saturated rings. The molecule has 4 rings (SSSR count). The van der Waals surface area contributed by atoms with Gasteiger partial charge in [-0.15, -0.1) is 13.2 Å². The lowest BCUT2D eigenvalue weighted by atomic mass is 9.91. The molecular weight excluding hydrogens is 598 g/mol. The zero-order chi connectivity index (χ0) is 33.8. The molecule has 11 nitrogen and oxygen atoms in total. The number of Topliss-reactive ketones (excluding diaryl/α,β-unsaturated/α-hetero) is 2. The van der Waals surface area contributed by atoms with Crippen molar-refractivity contribution in [3.63, 3.8) is 0 Å². The zero-order valence-electron chi connectivity index (χ0n) is 27.8. The maximum Gasteiger partial charge on any atom is 0.319 e. The summed E-state index contributed by atoms with van der Waals surface area (Å²) in [6.45, 7) is 7.82. The number of hydrogen-bond acceptors (Lipinski definition) is 6. The van der Waals surface area contributed by atoms with Gasteiger partial charge in [-0.25, -0.2) is 4.79 Å². The van der Waals surface area contributed by atoms with Crippen molar-refractivity contribution in [2.75, 3.05) is 13.1 Å². The third kappa shape index (κ3) is 10.4. The van der Waals surface area contributed by atoms with Gasteiger partial charge in [-0.2, -0.15) is 0 Å². The Bertz CT molecular complexity index is 1230. The van der Waals surface area contributed by atoms with Gasteiger partial charge in [-0.05, 0) is 69.3 Å². The third-order valence-electron chi connectivity index (χ3n) is 9.85. The standard InChI is InChI=1S/C36H53N5O6/c1-3-21-37-34(45)32(43)27-17-13-8-6-5-7-9-14-18-28(35(46)41-23-24(4-2)22-29(41)33(44)38-27)39-36(47)40-30(31(42)26-19-20-26)25-15-11-10-12-16-25/h3-4,24,26-29H,1-2,5-23H2,(H,37,45)(H,38,44)(H2,39,40,47)/t24-,27+,28+,29+/m1/s1. The molecule has 0 spiro atoms. The molecule has 0 aromatic carbocycles. The molecule has 47 heavy (non-hydrogen) atoms. The van der Waals surface area contributed by atoms with Gasteiger partial charge in [0.1, 0.15) is 12.1 Å². The van der Waals surface area contributed by atoms with E-state index in [9.17, 15) is 28.8 Å². The molecule has 258 valence electrons. The lowest BCUT2D eigenvalue weighted by Gasteiger charge is -2.30. The van der Waals surface area contributed by atoms with Gasteiger partial charge in [0, 0.05) is 19.0 Å². The van der Waals surface area contributed by atoms with Crippen LogP contribution >= 0.6 is 0 Å². The Kier molecular flexibility index (Phi) is 13.8. The van der Waals surface area contributed by atoms with Crippen LogP contribution in [0.4, 0.5) is 4.79 Å². The summed E-state index contributed by atoms with van der Waals surface area (Å²) >= 11 is 0. The Morgan fingerprint density at radius 1 is 0.830 bits per heavy atom. The first-order valence-electron chi connectivity index (χ1n) is 17.7. The number of allylic oxidation sites excluding steroid dienone is 2. The summed E-state index contributed by atoms with van der Waals surface area (Å²) in [5, 5.41) is 11.0. The van der Waals surface area contributed by atoms with Crippen molar-refractivity contribution < 1.29 is 28.8 Å². The molecule has 11 heteroatoms. The molecule has 0 unspecified atom stereocenters. The van der Waals surface area contributed by atoms with Crippen LogP contribution in [0, 0.1) is 11.8 Å². The molecule has 0 aromatic rings. The van der Waals surface area contributed by atoms with Crippen molar-refractivity contribution in [3.8, 4) is 0 Å². The summed E-state index contributed by atoms with van der Waals surface area (Å²) in [5.41, 5.74) is 1.38. The number of ketones is 2. The van der Waals surface area contributed by atoms with Gasteiger partial charge in [-0.3, -0.25) is 24.0 Å². The Hall–Kier alpha value is -3.76. The fourth-order valence-electron chi connectivity index (χ4n) is 6.93. The monoisotopic (exact) mass is 651 g/mol. The van der Waals surface area contributed by atoms with E-state index in [0.29, 0.717) is 31.4 Å². The smallest absolute Gasteiger partial charge is 0.319 e. The highest BCUT2D eigenvalue weighted by Crippen LogP contribution is 2.35. The van der Waals surface area contributed by atoms with Gasteiger partial charge in [0.05, 0.1) is 11.7 Å². The number of nitrogens with one attached hydrogen (secondary N) is 4. The molecule has 4 aliphatic rings. The average molecular weight is 652 g/mol. The quantitative estimate of drug-likeness (QED) is 0.167. The van der Waals surface area contributed by atoms with Crippen LogP contribution in [-0.4, -0.2) is 71.4 Å². The number of carbonyl (C=O) groups is 6. The Balaban J connectivity index is 1.54. The molecule has 0 aromatic heterocycles. The molecule has 0 bridgehead atoms. The lowest BCUT2D eigenvalue weighted by molar-refractivity contribution is -0.142. The summed E-state index contributed by atoms with van der Waals surface area (Å²) in [5.74, 6) is -2.63. The molecule has 5 amide bonds. The van der Waals surface area contributed by atoms with Gasteiger partial charge in [0.25, 0.3) is 5.91 Å². The number of urea groups is 1. The van der Waals surface area contributed by atoms with Gasteiger partial charge in [-0.1, -0.05) is 63.5 Å². The highest BCUT2D eigenvalue weighted by Gasteiger charge is 2.42. The van der Waals surface area contributed by atoms with E-state index in [0.717, 1.165) is 89.0 Å². The van der Waals surface area contributed by atoms with E-state index in [1.54, 1.807) is 6.08 Å². The van der Waals surface area contributed by atoms with Crippen molar-refractivity contribution in [3.05, 3.63) is 36.6 Å². The first kappa shape index (κ1) is 36.1. The molecule has 2 saturated carbocycles. The maximum absolute atomic E-state index is 14.2. The highest BCUT2D eigenvalue weighted by molar-refractivity contribution is 6.38. The van der Waals surface area contributed by atoms with E-state index >= 15 is 0 Å². The molecule has 4 N–H and O–H groups in total. The summed E-state index contributed by atoms with van der Waals surface area (Å²) in [7, 11) is 0. The summed E-state index contributed by atoms with van der Waals surface area (Å²) < 4.78 is 0. The Labute approximate surface area is 278 Å². The van der Waals surface area contributed by atoms with E-state index < -0.39 is 41.8 Å². The predicted octanol–water partition coefficient (Wildman–Crippen LogP) is 4.14. The number of amides is 5. The maximum atomic E-state index is 14.2. The van der Waals surface area contributed by atoms with Crippen LogP contribution in [0.2, 0.25) is 0 Å². The van der Waals surface area contributed by atoms with E-state index in [4.69, 9.17) is 0 Å². The van der Waals surface area contributed by atoms with Crippen molar-refractivity contribution >= 4 is 35.3 Å². The van der Waals surface area contributed by atoms with Crippen LogP contribution < -0.4 is 21.3 Å². The topological polar surface area (TPSA) is 154 Å². The van der Waals surface area contributed by atoms with Crippen LogP contribution in [0.5, 0.6) is 0 Å². The summed E-state index contributed by atoms with van der Waals surface area (Å²) in [4.78, 5) is 81.8. The van der Waals surface area contributed by atoms with Crippen LogP contribution in [0.15, 0.2) is 36.6 Å². The second kappa shape index (κ2) is 18.0. The van der Waals surface area contributed by atoms with E-state index in [1.807, 2.05) is 0 Å². The van der Waals surface area contributed by atoms with Crippen molar-refractivity contribution in [1.29, 1.82) is 0 Å². The fraction of sp³-hybridized carbons (Fsp3) is 0.667. The molecular formula is C36H53N5O6. The van der Waals surface area contributed by atoms with E-state index in [-0.39, 0.29) is 36.6 Å². The van der Waals surface area contributed by atoms with Gasteiger partial charge < -0.3 is 26.2 Å². The van der Waals surface area contributed by atoms with Crippen LogP contribution in [0.3, 0.4) is 0 Å². The average Bonchev–Trinajstić information content (AvgIpc) is 3.84. The minimum Gasteiger partial charge on any atom is -0.346 e. The Morgan fingerprint density at radius 3 is 2.11 bits per heavy atom. The second-order valence-corrected chi connectivity index (χ2v) is 13.5. The van der Waals surface area contributed by atoms with Crippen LogP contribution in [0.1, 0.15) is 109 Å². The number of carbonyl (C=O) groups excluding carboxylic acids is 6. The number of fused-ring (bicyclic) bond motifs is 1. The molecule has 2 aliphatic heterocycles. The predicted molar refractivity (Wildman–Crippen MR) is 179 cm³/mol. The Morgan fingerprint density at radius 2 is 1.47 bits per heavy atom. The molecule has 4 atom stereocenters. The third-order valence-corrected chi connectivity index (χ3v) is 9.85.